The van der Waals surface area contributed by atoms with Gasteiger partial charge in [0.2, 0.25) is 0 Å². The molecule has 1 aromatic heterocycles. The van der Waals surface area contributed by atoms with Gasteiger partial charge in [-0.2, -0.15) is 0 Å². The maximum Gasteiger partial charge on any atom is 0.336 e. The zero-order valence-corrected chi connectivity index (χ0v) is 12.6. The van der Waals surface area contributed by atoms with Crippen LogP contribution in [-0.4, -0.2) is 12.2 Å². The number of phenolic OH excluding ortho intramolecular Hbond substituents is 1. The van der Waals surface area contributed by atoms with Crippen LogP contribution in [0.15, 0.2) is 45.6 Å². The Bertz CT molecular complexity index is 922. The molecule has 3 aromatic rings. The Morgan fingerprint density at radius 3 is 2.45 bits per heavy atom. The van der Waals surface area contributed by atoms with E-state index >= 15 is 0 Å². The molecule has 1 N–H and O–H groups in total. The van der Waals surface area contributed by atoms with Gasteiger partial charge in [-0.15, -0.1) is 0 Å². The molecule has 0 unspecified atom stereocenters. The molecule has 22 heavy (non-hydrogen) atoms. The molecule has 1 heterocycles. The van der Waals surface area contributed by atoms with E-state index in [1.165, 1.54) is 6.07 Å². The van der Waals surface area contributed by atoms with Gasteiger partial charge in [0.1, 0.15) is 17.1 Å². The second-order valence-corrected chi connectivity index (χ2v) is 5.27. The van der Waals surface area contributed by atoms with Crippen LogP contribution in [0.25, 0.3) is 22.1 Å². The summed E-state index contributed by atoms with van der Waals surface area (Å²) in [7, 11) is 1.58. The second kappa shape index (κ2) is 5.22. The van der Waals surface area contributed by atoms with Gasteiger partial charge in [-0.25, -0.2) is 4.79 Å². The molecule has 0 fully saturated rings. The standard InChI is InChI=1S/C18H16O4/c1-10-4-6-12(8-14(10)19)13-9-16(20)22-18-11(2)5-7-15(21-3)17(13)18/h4-9,19H,1-3H3. The van der Waals surface area contributed by atoms with Gasteiger partial charge in [-0.3, -0.25) is 0 Å². The molecule has 0 atom stereocenters. The van der Waals surface area contributed by atoms with E-state index in [9.17, 15) is 9.90 Å². The highest BCUT2D eigenvalue weighted by Gasteiger charge is 2.15. The van der Waals surface area contributed by atoms with Gasteiger partial charge >= 0.3 is 5.63 Å². The molecule has 0 radical (unpaired) electrons. The smallest absolute Gasteiger partial charge is 0.336 e. The third-order valence-electron chi connectivity index (χ3n) is 3.79. The van der Waals surface area contributed by atoms with Gasteiger partial charge in [-0.1, -0.05) is 18.2 Å². The van der Waals surface area contributed by atoms with Crippen molar-refractivity contribution >= 4 is 11.0 Å². The predicted molar refractivity (Wildman–Crippen MR) is 85.6 cm³/mol. The number of hydrogen-bond donors (Lipinski definition) is 1. The highest BCUT2D eigenvalue weighted by molar-refractivity contribution is 5.99. The van der Waals surface area contributed by atoms with Gasteiger partial charge < -0.3 is 14.3 Å². The fourth-order valence-electron chi connectivity index (χ4n) is 2.55. The fourth-order valence-corrected chi connectivity index (χ4v) is 2.55. The van der Waals surface area contributed by atoms with Crippen LogP contribution in [0.5, 0.6) is 11.5 Å². The minimum absolute atomic E-state index is 0.186. The van der Waals surface area contributed by atoms with Crippen molar-refractivity contribution in [2.75, 3.05) is 7.11 Å². The third kappa shape index (κ3) is 2.22. The average Bonchev–Trinajstić information content (AvgIpc) is 2.50. The van der Waals surface area contributed by atoms with E-state index in [1.807, 2.05) is 38.1 Å². The largest absolute Gasteiger partial charge is 0.508 e. The lowest BCUT2D eigenvalue weighted by Crippen LogP contribution is -2.00. The third-order valence-corrected chi connectivity index (χ3v) is 3.79. The van der Waals surface area contributed by atoms with Crippen molar-refractivity contribution in [2.45, 2.75) is 13.8 Å². The SMILES string of the molecule is COc1ccc(C)c2oc(=O)cc(-c3ccc(C)c(O)c3)c12. The van der Waals surface area contributed by atoms with E-state index in [-0.39, 0.29) is 5.75 Å². The summed E-state index contributed by atoms with van der Waals surface area (Å²) < 4.78 is 10.8. The summed E-state index contributed by atoms with van der Waals surface area (Å²) >= 11 is 0. The van der Waals surface area contributed by atoms with Crippen LogP contribution >= 0.6 is 0 Å². The van der Waals surface area contributed by atoms with Crippen LogP contribution in [0.2, 0.25) is 0 Å². The lowest BCUT2D eigenvalue weighted by atomic mass is 9.98. The maximum absolute atomic E-state index is 11.9. The van der Waals surface area contributed by atoms with Gasteiger partial charge in [0, 0.05) is 11.6 Å². The molecule has 112 valence electrons. The lowest BCUT2D eigenvalue weighted by Gasteiger charge is -2.12. The number of fused-ring (bicyclic) bond motifs is 1. The number of rotatable bonds is 2. The molecule has 0 aliphatic carbocycles. The van der Waals surface area contributed by atoms with E-state index in [4.69, 9.17) is 9.15 Å². The van der Waals surface area contributed by atoms with Crippen molar-refractivity contribution in [1.29, 1.82) is 0 Å². The highest BCUT2D eigenvalue weighted by atomic mass is 16.5. The van der Waals surface area contributed by atoms with Crippen molar-refractivity contribution in [3.8, 4) is 22.6 Å². The summed E-state index contributed by atoms with van der Waals surface area (Å²) in [6.45, 7) is 3.70. The van der Waals surface area contributed by atoms with Crippen LogP contribution in [0.1, 0.15) is 11.1 Å². The molecule has 0 saturated carbocycles. The van der Waals surface area contributed by atoms with Crippen LogP contribution in [0, 0.1) is 13.8 Å². The van der Waals surface area contributed by atoms with Crippen molar-refractivity contribution < 1.29 is 14.3 Å². The van der Waals surface area contributed by atoms with Crippen LogP contribution < -0.4 is 10.4 Å². The summed E-state index contributed by atoms with van der Waals surface area (Å²) in [5, 5.41) is 10.7. The van der Waals surface area contributed by atoms with Gasteiger partial charge in [0.05, 0.1) is 12.5 Å². The van der Waals surface area contributed by atoms with Crippen LogP contribution in [0.4, 0.5) is 0 Å². The first kappa shape index (κ1) is 14.2. The Kier molecular flexibility index (Phi) is 3.37. The molecule has 0 aliphatic heterocycles. The normalized spacial score (nSPS) is 10.9. The number of aromatic hydroxyl groups is 1. The number of ether oxygens (including phenoxy) is 1. The minimum Gasteiger partial charge on any atom is -0.508 e. The molecule has 0 saturated heterocycles. The Labute approximate surface area is 127 Å². The number of hydrogen-bond acceptors (Lipinski definition) is 4. The van der Waals surface area contributed by atoms with E-state index in [1.54, 1.807) is 13.2 Å². The molecule has 0 aliphatic rings. The van der Waals surface area contributed by atoms with E-state index in [0.717, 1.165) is 22.1 Å². The second-order valence-electron chi connectivity index (χ2n) is 5.27. The zero-order valence-electron chi connectivity index (χ0n) is 12.6. The summed E-state index contributed by atoms with van der Waals surface area (Å²) in [5.41, 5.74) is 3.12. The average molecular weight is 296 g/mol. The summed E-state index contributed by atoms with van der Waals surface area (Å²) in [6, 6.07) is 10.4. The van der Waals surface area contributed by atoms with Crippen molar-refractivity contribution in [2.24, 2.45) is 0 Å². The first-order chi connectivity index (χ1) is 10.5. The Morgan fingerprint density at radius 1 is 1.05 bits per heavy atom. The Hall–Kier alpha value is -2.75. The molecular formula is C18H16O4. The summed E-state index contributed by atoms with van der Waals surface area (Å²) in [5.74, 6) is 0.810. The monoisotopic (exact) mass is 296 g/mol. The van der Waals surface area contributed by atoms with Gasteiger partial charge in [0.25, 0.3) is 0 Å². The summed E-state index contributed by atoms with van der Waals surface area (Å²) in [6.07, 6.45) is 0. The molecule has 4 heteroatoms. The molecule has 2 aromatic carbocycles. The van der Waals surface area contributed by atoms with E-state index < -0.39 is 5.63 Å². The molecule has 4 nitrogen and oxygen atoms in total. The number of methoxy groups -OCH3 is 1. The highest BCUT2D eigenvalue weighted by Crippen LogP contribution is 2.37. The van der Waals surface area contributed by atoms with Crippen molar-refractivity contribution in [3.63, 3.8) is 0 Å². The molecule has 0 spiro atoms. The summed E-state index contributed by atoms with van der Waals surface area (Å²) in [4.78, 5) is 11.9. The minimum atomic E-state index is -0.432. The van der Waals surface area contributed by atoms with Crippen molar-refractivity contribution in [3.05, 3.63) is 57.9 Å². The molecule has 3 rings (SSSR count). The Morgan fingerprint density at radius 2 is 1.77 bits per heavy atom. The molecular weight excluding hydrogens is 280 g/mol. The number of aryl methyl sites for hydroxylation is 2. The number of benzene rings is 2. The van der Waals surface area contributed by atoms with Crippen LogP contribution in [-0.2, 0) is 0 Å². The quantitative estimate of drug-likeness (QED) is 0.731. The number of phenols is 1. The molecule has 0 bridgehead atoms. The Balaban J connectivity index is 2.44. The topological polar surface area (TPSA) is 59.7 Å². The van der Waals surface area contributed by atoms with Gasteiger partial charge in [-0.05, 0) is 42.7 Å². The first-order valence-corrected chi connectivity index (χ1v) is 6.92. The van der Waals surface area contributed by atoms with Crippen molar-refractivity contribution in [1.82, 2.24) is 0 Å². The van der Waals surface area contributed by atoms with Gasteiger partial charge in [0.15, 0.2) is 0 Å². The molecule has 0 amide bonds. The maximum atomic E-state index is 11.9. The van der Waals surface area contributed by atoms with E-state index in [0.29, 0.717) is 16.9 Å². The zero-order chi connectivity index (χ0) is 15.9. The predicted octanol–water partition coefficient (Wildman–Crippen LogP) is 3.79. The first-order valence-electron chi connectivity index (χ1n) is 6.92. The van der Waals surface area contributed by atoms with E-state index in [2.05, 4.69) is 0 Å². The lowest BCUT2D eigenvalue weighted by molar-refractivity contribution is 0.418. The fraction of sp³-hybridized carbons (Fsp3) is 0.167. The van der Waals surface area contributed by atoms with Crippen LogP contribution in [0.3, 0.4) is 0 Å².